The molecule has 0 radical (unpaired) electrons. The number of aryl methyl sites for hydroxylation is 1. The fraction of sp³-hybridized carbons (Fsp3) is 0.235. The minimum absolute atomic E-state index is 0.000599. The van der Waals surface area contributed by atoms with Crippen molar-refractivity contribution in [2.75, 3.05) is 13.2 Å². The molecule has 0 atom stereocenters. The number of carbonyl (C=O) groups excluding carboxylic acids is 1. The Balaban J connectivity index is 1.92. The van der Waals surface area contributed by atoms with E-state index in [4.69, 9.17) is 9.47 Å². The first-order valence-electron chi connectivity index (χ1n) is 6.75. The molecule has 1 aliphatic heterocycles. The van der Waals surface area contributed by atoms with Crippen LogP contribution in [0.1, 0.15) is 27.9 Å². The van der Waals surface area contributed by atoms with E-state index >= 15 is 0 Å². The summed E-state index contributed by atoms with van der Waals surface area (Å²) in [6.45, 7) is 3.27. The Morgan fingerprint density at radius 1 is 0.900 bits per heavy atom. The predicted octanol–water partition coefficient (Wildman–Crippen LogP) is 3.39. The van der Waals surface area contributed by atoms with Gasteiger partial charge in [-0.15, -0.1) is 0 Å². The first-order valence-corrected chi connectivity index (χ1v) is 6.75. The number of rotatable bonds is 2. The average molecular weight is 268 g/mol. The molecule has 20 heavy (non-hydrogen) atoms. The van der Waals surface area contributed by atoms with Gasteiger partial charge in [-0.3, -0.25) is 4.79 Å². The molecule has 1 aliphatic rings. The molecule has 1 heterocycles. The van der Waals surface area contributed by atoms with Crippen LogP contribution in [0.3, 0.4) is 0 Å². The second-order valence-electron chi connectivity index (χ2n) is 4.91. The molecule has 2 aromatic rings. The van der Waals surface area contributed by atoms with Gasteiger partial charge in [0.15, 0.2) is 17.3 Å². The smallest absolute Gasteiger partial charge is 0.193 e. The molecule has 0 amide bonds. The van der Waals surface area contributed by atoms with E-state index in [2.05, 4.69) is 0 Å². The quantitative estimate of drug-likeness (QED) is 0.783. The number of fused-ring (bicyclic) bond motifs is 1. The first kappa shape index (κ1) is 12.7. The molecule has 0 aliphatic carbocycles. The molecule has 3 nitrogen and oxygen atoms in total. The highest BCUT2D eigenvalue weighted by Gasteiger charge is 2.15. The van der Waals surface area contributed by atoms with E-state index in [0.29, 0.717) is 35.8 Å². The number of hydrogen-bond acceptors (Lipinski definition) is 3. The van der Waals surface area contributed by atoms with Crippen LogP contribution in [0.4, 0.5) is 0 Å². The number of benzene rings is 2. The van der Waals surface area contributed by atoms with E-state index in [1.807, 2.05) is 37.3 Å². The lowest BCUT2D eigenvalue weighted by atomic mass is 10.0. The number of ketones is 1. The fourth-order valence-corrected chi connectivity index (χ4v) is 2.18. The van der Waals surface area contributed by atoms with Crippen molar-refractivity contribution < 1.29 is 14.3 Å². The minimum Gasteiger partial charge on any atom is -0.490 e. The van der Waals surface area contributed by atoms with Crippen LogP contribution in [0.25, 0.3) is 0 Å². The molecule has 0 spiro atoms. The van der Waals surface area contributed by atoms with Gasteiger partial charge >= 0.3 is 0 Å². The molecule has 102 valence electrons. The van der Waals surface area contributed by atoms with E-state index in [1.165, 1.54) is 0 Å². The lowest BCUT2D eigenvalue weighted by molar-refractivity contribution is 0.103. The molecular formula is C17H16O3. The van der Waals surface area contributed by atoms with Crippen molar-refractivity contribution in [1.29, 1.82) is 0 Å². The highest BCUT2D eigenvalue weighted by atomic mass is 16.5. The zero-order valence-corrected chi connectivity index (χ0v) is 11.4. The molecule has 0 saturated carbocycles. The highest BCUT2D eigenvalue weighted by molar-refractivity contribution is 6.09. The Bertz CT molecular complexity index is 629. The maximum Gasteiger partial charge on any atom is 0.193 e. The first-order chi connectivity index (χ1) is 9.74. The number of hydrogen-bond donors (Lipinski definition) is 0. The molecule has 0 saturated heterocycles. The summed E-state index contributed by atoms with van der Waals surface area (Å²) in [7, 11) is 0. The standard InChI is InChI=1S/C17H16O3/c1-12-3-5-13(6-4-12)17(18)14-7-8-15-16(11-14)20-10-2-9-19-15/h3-8,11H,2,9-10H2,1H3. The van der Waals surface area contributed by atoms with Gasteiger partial charge in [-0.05, 0) is 25.1 Å². The third-order valence-electron chi connectivity index (χ3n) is 3.32. The van der Waals surface area contributed by atoms with Crippen molar-refractivity contribution in [3.63, 3.8) is 0 Å². The van der Waals surface area contributed by atoms with Crippen molar-refractivity contribution in [3.8, 4) is 11.5 Å². The Hall–Kier alpha value is -2.29. The second-order valence-corrected chi connectivity index (χ2v) is 4.91. The summed E-state index contributed by atoms with van der Waals surface area (Å²) in [5.74, 6) is 1.36. The molecule has 0 bridgehead atoms. The normalized spacial score (nSPS) is 13.7. The van der Waals surface area contributed by atoms with Crippen molar-refractivity contribution in [2.24, 2.45) is 0 Å². The number of ether oxygens (including phenoxy) is 2. The van der Waals surface area contributed by atoms with Gasteiger partial charge in [0, 0.05) is 17.5 Å². The van der Waals surface area contributed by atoms with Crippen LogP contribution in [0.5, 0.6) is 11.5 Å². The monoisotopic (exact) mass is 268 g/mol. The van der Waals surface area contributed by atoms with Gasteiger partial charge in [-0.25, -0.2) is 0 Å². The Labute approximate surface area is 118 Å². The maximum atomic E-state index is 12.4. The molecule has 3 heteroatoms. The zero-order chi connectivity index (χ0) is 13.9. The minimum atomic E-state index is 0.000599. The van der Waals surface area contributed by atoms with Crippen LogP contribution in [-0.2, 0) is 0 Å². The third kappa shape index (κ3) is 2.52. The molecule has 0 N–H and O–H groups in total. The van der Waals surface area contributed by atoms with E-state index in [-0.39, 0.29) is 5.78 Å². The summed E-state index contributed by atoms with van der Waals surface area (Å²) in [4.78, 5) is 12.4. The molecule has 0 fully saturated rings. The van der Waals surface area contributed by atoms with Crippen LogP contribution in [0.15, 0.2) is 42.5 Å². The largest absolute Gasteiger partial charge is 0.490 e. The van der Waals surface area contributed by atoms with E-state index < -0.39 is 0 Å². The summed E-state index contributed by atoms with van der Waals surface area (Å²) in [5.41, 5.74) is 2.45. The van der Waals surface area contributed by atoms with Gasteiger partial charge < -0.3 is 9.47 Å². The number of carbonyl (C=O) groups is 1. The molecular weight excluding hydrogens is 252 g/mol. The van der Waals surface area contributed by atoms with Crippen molar-refractivity contribution >= 4 is 5.78 Å². The summed E-state index contributed by atoms with van der Waals surface area (Å²) < 4.78 is 11.2. The lowest BCUT2D eigenvalue weighted by Crippen LogP contribution is -2.02. The second kappa shape index (κ2) is 5.37. The van der Waals surface area contributed by atoms with Crippen LogP contribution in [0, 0.1) is 6.92 Å². The van der Waals surface area contributed by atoms with E-state index in [0.717, 1.165) is 12.0 Å². The van der Waals surface area contributed by atoms with Gasteiger partial charge in [0.1, 0.15) is 0 Å². The third-order valence-corrected chi connectivity index (χ3v) is 3.32. The lowest BCUT2D eigenvalue weighted by Gasteiger charge is -2.09. The average Bonchev–Trinajstić information content (AvgIpc) is 2.71. The van der Waals surface area contributed by atoms with Crippen LogP contribution >= 0.6 is 0 Å². The van der Waals surface area contributed by atoms with E-state index in [9.17, 15) is 4.79 Å². The van der Waals surface area contributed by atoms with Crippen LogP contribution < -0.4 is 9.47 Å². The van der Waals surface area contributed by atoms with Gasteiger partial charge in [-0.1, -0.05) is 29.8 Å². The Morgan fingerprint density at radius 2 is 1.55 bits per heavy atom. The van der Waals surface area contributed by atoms with Crippen molar-refractivity contribution in [1.82, 2.24) is 0 Å². The highest BCUT2D eigenvalue weighted by Crippen LogP contribution is 2.31. The molecule has 0 aromatic heterocycles. The van der Waals surface area contributed by atoms with E-state index in [1.54, 1.807) is 12.1 Å². The predicted molar refractivity (Wildman–Crippen MR) is 76.7 cm³/mol. The van der Waals surface area contributed by atoms with Gasteiger partial charge in [0.25, 0.3) is 0 Å². The SMILES string of the molecule is Cc1ccc(C(=O)c2ccc3c(c2)OCCCO3)cc1. The summed E-state index contributed by atoms with van der Waals surface area (Å²) in [5, 5.41) is 0. The van der Waals surface area contributed by atoms with Crippen molar-refractivity contribution in [2.45, 2.75) is 13.3 Å². The van der Waals surface area contributed by atoms with Crippen LogP contribution in [-0.4, -0.2) is 19.0 Å². The molecule has 0 unspecified atom stereocenters. The fourth-order valence-electron chi connectivity index (χ4n) is 2.18. The van der Waals surface area contributed by atoms with Gasteiger partial charge in [-0.2, -0.15) is 0 Å². The Kier molecular flexibility index (Phi) is 3.42. The molecule has 2 aromatic carbocycles. The van der Waals surface area contributed by atoms with Crippen molar-refractivity contribution in [3.05, 3.63) is 59.2 Å². The topological polar surface area (TPSA) is 35.5 Å². The Morgan fingerprint density at radius 3 is 2.30 bits per heavy atom. The molecule has 3 rings (SSSR count). The van der Waals surface area contributed by atoms with Gasteiger partial charge in [0.05, 0.1) is 13.2 Å². The summed E-state index contributed by atoms with van der Waals surface area (Å²) in [6, 6.07) is 12.9. The zero-order valence-electron chi connectivity index (χ0n) is 11.4. The van der Waals surface area contributed by atoms with Crippen LogP contribution in [0.2, 0.25) is 0 Å². The van der Waals surface area contributed by atoms with Gasteiger partial charge in [0.2, 0.25) is 0 Å². The maximum absolute atomic E-state index is 12.4. The summed E-state index contributed by atoms with van der Waals surface area (Å²) in [6.07, 6.45) is 0.857. The summed E-state index contributed by atoms with van der Waals surface area (Å²) >= 11 is 0.